The minimum absolute atomic E-state index is 0.118. The van der Waals surface area contributed by atoms with Gasteiger partial charge in [-0.2, -0.15) is 0 Å². The molecule has 3 N–H and O–H groups in total. The van der Waals surface area contributed by atoms with Crippen LogP contribution in [0.4, 0.5) is 11.4 Å². The summed E-state index contributed by atoms with van der Waals surface area (Å²) >= 11 is 0. The third kappa shape index (κ3) is 5.51. The molecule has 0 aliphatic carbocycles. The highest BCUT2D eigenvalue weighted by atomic mass is 16.5. The Hall–Kier alpha value is -3.02. The van der Waals surface area contributed by atoms with E-state index in [9.17, 15) is 9.59 Å². The number of carbonyl (C=O) groups is 2. The topological polar surface area (TPSA) is 84.7 Å². The number of nitrogens with two attached hydrogens (primary N) is 1. The minimum atomic E-state index is -0.404. The summed E-state index contributed by atoms with van der Waals surface area (Å²) in [4.78, 5) is 25.5. The lowest BCUT2D eigenvalue weighted by atomic mass is 10.1. The molecule has 0 radical (unpaired) electrons. The Morgan fingerprint density at radius 1 is 1.12 bits per heavy atom. The Labute approximate surface area is 153 Å². The number of amides is 2. The van der Waals surface area contributed by atoms with Gasteiger partial charge in [0, 0.05) is 24.3 Å². The maximum atomic E-state index is 12.5. The van der Waals surface area contributed by atoms with Gasteiger partial charge < -0.3 is 20.7 Å². The molecule has 0 heterocycles. The molecule has 0 unspecified atom stereocenters. The molecule has 0 saturated carbocycles. The summed E-state index contributed by atoms with van der Waals surface area (Å²) in [6.07, 6.45) is 0.169. The van der Waals surface area contributed by atoms with E-state index < -0.39 is 5.91 Å². The Bertz CT molecular complexity index is 772. The molecule has 0 fully saturated rings. The number of benzene rings is 2. The first-order valence-electron chi connectivity index (χ1n) is 8.43. The second-order valence-corrected chi connectivity index (χ2v) is 6.20. The number of nitrogens with one attached hydrogen (secondary N) is 1. The van der Waals surface area contributed by atoms with E-state index in [1.165, 1.54) is 0 Å². The molecular formula is C20H25N3O3. The maximum absolute atomic E-state index is 12.5. The summed E-state index contributed by atoms with van der Waals surface area (Å²) in [6, 6.07) is 13.2. The highest BCUT2D eigenvalue weighted by Gasteiger charge is 2.14. The zero-order chi connectivity index (χ0) is 19.1. The molecule has 0 aromatic heterocycles. The lowest BCUT2D eigenvalue weighted by Crippen LogP contribution is -2.35. The molecule has 0 atom stereocenters. The van der Waals surface area contributed by atoms with E-state index in [1.54, 1.807) is 7.11 Å². The Morgan fingerprint density at radius 2 is 1.81 bits per heavy atom. The van der Waals surface area contributed by atoms with Crippen LogP contribution in [0.25, 0.3) is 0 Å². The normalized spacial score (nSPS) is 10.3. The first-order chi connectivity index (χ1) is 12.4. The van der Waals surface area contributed by atoms with Gasteiger partial charge in [0.05, 0.1) is 13.7 Å². The minimum Gasteiger partial charge on any atom is -0.497 e. The molecule has 6 nitrogen and oxygen atoms in total. The van der Waals surface area contributed by atoms with Gasteiger partial charge in [0.15, 0.2) is 0 Å². The lowest BCUT2D eigenvalue weighted by Gasteiger charge is -2.24. The zero-order valence-electron chi connectivity index (χ0n) is 15.4. The quantitative estimate of drug-likeness (QED) is 0.762. The van der Waals surface area contributed by atoms with Gasteiger partial charge in [-0.3, -0.25) is 9.59 Å². The molecule has 0 saturated heterocycles. The van der Waals surface area contributed by atoms with Crippen LogP contribution >= 0.6 is 0 Å². The van der Waals surface area contributed by atoms with E-state index in [4.69, 9.17) is 10.5 Å². The fraction of sp³-hybridized carbons (Fsp3) is 0.300. The van der Waals surface area contributed by atoms with Crippen molar-refractivity contribution in [3.8, 4) is 5.75 Å². The third-order valence-corrected chi connectivity index (χ3v) is 4.07. The van der Waals surface area contributed by atoms with E-state index in [2.05, 4.69) is 5.32 Å². The highest BCUT2D eigenvalue weighted by Crippen LogP contribution is 2.20. The number of methoxy groups -OCH3 is 1. The van der Waals surface area contributed by atoms with E-state index >= 15 is 0 Å². The molecule has 138 valence electrons. The first kappa shape index (κ1) is 19.3. The average molecular weight is 355 g/mol. The van der Waals surface area contributed by atoms with Crippen LogP contribution in [0.15, 0.2) is 42.5 Å². The Kier molecular flexibility index (Phi) is 6.60. The average Bonchev–Trinajstić information content (AvgIpc) is 2.61. The first-order valence-corrected chi connectivity index (χ1v) is 8.43. The molecule has 2 amide bonds. The molecule has 2 aromatic carbocycles. The maximum Gasteiger partial charge on any atom is 0.243 e. The number of hydrogen-bond acceptors (Lipinski definition) is 4. The van der Waals surface area contributed by atoms with Crippen LogP contribution in [0, 0.1) is 13.8 Å². The largest absolute Gasteiger partial charge is 0.497 e. The fourth-order valence-corrected chi connectivity index (χ4v) is 2.57. The van der Waals surface area contributed by atoms with Crippen molar-refractivity contribution < 1.29 is 14.3 Å². The van der Waals surface area contributed by atoms with E-state index in [1.807, 2.05) is 61.2 Å². The lowest BCUT2D eigenvalue weighted by molar-refractivity contribution is -0.118. The van der Waals surface area contributed by atoms with Crippen molar-refractivity contribution in [2.75, 3.05) is 30.4 Å². The molecule has 26 heavy (non-hydrogen) atoms. The Balaban J connectivity index is 2.12. The van der Waals surface area contributed by atoms with Crippen molar-refractivity contribution in [1.82, 2.24) is 0 Å². The summed E-state index contributed by atoms with van der Waals surface area (Å²) < 4.78 is 5.16. The van der Waals surface area contributed by atoms with Gasteiger partial charge in [0.2, 0.25) is 11.8 Å². The van der Waals surface area contributed by atoms with Crippen LogP contribution in [-0.2, 0) is 9.59 Å². The van der Waals surface area contributed by atoms with Gasteiger partial charge in [0.25, 0.3) is 0 Å². The number of ether oxygens (including phenoxy) is 1. The molecular weight excluding hydrogens is 330 g/mol. The van der Waals surface area contributed by atoms with E-state index in [0.717, 1.165) is 28.3 Å². The van der Waals surface area contributed by atoms with Crippen LogP contribution in [0.2, 0.25) is 0 Å². The van der Waals surface area contributed by atoms with Crippen molar-refractivity contribution in [3.05, 3.63) is 53.6 Å². The molecule has 6 heteroatoms. The monoisotopic (exact) mass is 355 g/mol. The van der Waals surface area contributed by atoms with Crippen LogP contribution in [-0.4, -0.2) is 32.0 Å². The number of nitrogens with zero attached hydrogens (tertiary/aromatic N) is 1. The molecule has 2 rings (SSSR count). The molecule has 0 spiro atoms. The van der Waals surface area contributed by atoms with Crippen LogP contribution in [0.5, 0.6) is 5.75 Å². The van der Waals surface area contributed by atoms with Gasteiger partial charge in [-0.1, -0.05) is 12.1 Å². The summed E-state index contributed by atoms with van der Waals surface area (Å²) in [7, 11) is 1.59. The predicted molar refractivity (Wildman–Crippen MR) is 104 cm³/mol. The number of anilines is 2. The van der Waals surface area contributed by atoms with Gasteiger partial charge in [-0.25, -0.2) is 0 Å². The number of hydrogen-bond donors (Lipinski definition) is 2. The summed E-state index contributed by atoms with van der Waals surface area (Å²) in [5, 5.41) is 2.94. The summed E-state index contributed by atoms with van der Waals surface area (Å²) in [5.41, 5.74) is 8.96. The molecule has 0 bridgehead atoms. The third-order valence-electron chi connectivity index (χ3n) is 4.07. The van der Waals surface area contributed by atoms with Gasteiger partial charge in [-0.15, -0.1) is 0 Å². The van der Waals surface area contributed by atoms with Gasteiger partial charge >= 0.3 is 0 Å². The molecule has 0 aliphatic heterocycles. The van der Waals surface area contributed by atoms with Crippen molar-refractivity contribution in [2.24, 2.45) is 5.73 Å². The number of carbonyl (C=O) groups excluding carboxylic acids is 2. The number of aryl methyl sites for hydroxylation is 2. The van der Waals surface area contributed by atoms with Crippen molar-refractivity contribution in [3.63, 3.8) is 0 Å². The van der Waals surface area contributed by atoms with Crippen LogP contribution in [0.1, 0.15) is 17.5 Å². The van der Waals surface area contributed by atoms with Crippen LogP contribution in [0.3, 0.4) is 0 Å². The Morgan fingerprint density at radius 3 is 2.42 bits per heavy atom. The second-order valence-electron chi connectivity index (χ2n) is 6.20. The van der Waals surface area contributed by atoms with Gasteiger partial charge in [-0.05, 0) is 55.3 Å². The van der Waals surface area contributed by atoms with Crippen molar-refractivity contribution >= 4 is 23.2 Å². The smallest absolute Gasteiger partial charge is 0.243 e. The molecule has 0 aliphatic rings. The van der Waals surface area contributed by atoms with Crippen molar-refractivity contribution in [2.45, 2.75) is 20.3 Å². The fourth-order valence-electron chi connectivity index (χ4n) is 2.57. The van der Waals surface area contributed by atoms with Gasteiger partial charge in [0.1, 0.15) is 5.75 Å². The van der Waals surface area contributed by atoms with E-state index in [-0.39, 0.29) is 18.9 Å². The predicted octanol–water partition coefficient (Wildman–Crippen LogP) is 2.63. The van der Waals surface area contributed by atoms with Crippen molar-refractivity contribution in [1.29, 1.82) is 0 Å². The highest BCUT2D eigenvalue weighted by molar-refractivity contribution is 5.95. The summed E-state index contributed by atoms with van der Waals surface area (Å²) in [6.45, 7) is 4.41. The number of rotatable bonds is 8. The summed E-state index contributed by atoms with van der Waals surface area (Å²) in [5.74, 6) is 0.167. The number of primary amides is 1. The molecule has 2 aromatic rings. The van der Waals surface area contributed by atoms with Crippen LogP contribution < -0.4 is 20.7 Å². The standard InChI is InChI=1S/C20H25N3O3/c1-14-4-5-15(2)18(12-14)22-20(25)13-23(11-10-19(21)24)16-6-8-17(26-3)9-7-16/h4-9,12H,10-11,13H2,1-3H3,(H2,21,24)(H,22,25). The zero-order valence-corrected chi connectivity index (χ0v) is 15.4. The SMILES string of the molecule is COc1ccc(N(CCC(N)=O)CC(=O)Nc2cc(C)ccc2C)cc1. The van der Waals surface area contributed by atoms with E-state index in [0.29, 0.717) is 6.54 Å². The second kappa shape index (κ2) is 8.89.